The zero-order valence-electron chi connectivity index (χ0n) is 10.2. The summed E-state index contributed by atoms with van der Waals surface area (Å²) in [4.78, 5) is 0.0825. The van der Waals surface area contributed by atoms with Gasteiger partial charge >= 0.3 is 0 Å². The van der Waals surface area contributed by atoms with E-state index in [1.165, 1.54) is 30.3 Å². The van der Waals surface area contributed by atoms with E-state index in [0.29, 0.717) is 5.56 Å². The lowest BCUT2D eigenvalue weighted by Gasteiger charge is -2.05. The Bertz CT molecular complexity index is 812. The van der Waals surface area contributed by atoms with Crippen LogP contribution in [0.4, 0.5) is 0 Å². The summed E-state index contributed by atoms with van der Waals surface area (Å²) in [5.41, 5.74) is 0.371. The summed E-state index contributed by atoms with van der Waals surface area (Å²) in [5.74, 6) is -0.280. The molecule has 0 aromatic heterocycles. The molecule has 0 heterocycles. The highest BCUT2D eigenvalue weighted by atomic mass is 35.7. The van der Waals surface area contributed by atoms with Crippen LogP contribution in [0.3, 0.4) is 0 Å². The lowest BCUT2D eigenvalue weighted by molar-refractivity contribution is 0.594. The van der Waals surface area contributed by atoms with Crippen molar-refractivity contribution in [1.29, 1.82) is 0 Å². The Morgan fingerprint density at radius 2 is 1.40 bits per heavy atom. The van der Waals surface area contributed by atoms with E-state index < -0.39 is 18.9 Å². The first kappa shape index (κ1) is 15.0. The fraction of sp³-hybridized carbons (Fsp3) is 0.0769. The van der Waals surface area contributed by atoms with Crippen LogP contribution in [0.2, 0.25) is 0 Å². The maximum Gasteiger partial charge on any atom is 0.261 e. The Labute approximate surface area is 122 Å². The Morgan fingerprint density at radius 3 is 2.00 bits per heavy atom. The first-order valence-electron chi connectivity index (χ1n) is 5.60. The van der Waals surface area contributed by atoms with Gasteiger partial charge in [-0.3, -0.25) is 0 Å². The van der Waals surface area contributed by atoms with Gasteiger partial charge in [-0.25, -0.2) is 16.8 Å². The molecule has 2 aromatic carbocycles. The largest absolute Gasteiger partial charge is 0.261 e. The summed E-state index contributed by atoms with van der Waals surface area (Å²) in [7, 11) is -2.14. The molecule has 0 saturated heterocycles. The molecule has 106 valence electrons. The highest BCUT2D eigenvalue weighted by Gasteiger charge is 2.17. The van der Waals surface area contributed by atoms with Crippen molar-refractivity contribution in [3.05, 3.63) is 60.2 Å². The normalized spacial score (nSPS) is 12.2. The van der Waals surface area contributed by atoms with E-state index in [9.17, 15) is 16.8 Å². The van der Waals surface area contributed by atoms with Crippen molar-refractivity contribution in [2.75, 3.05) is 0 Å². The molecule has 0 amide bonds. The van der Waals surface area contributed by atoms with E-state index in [0.717, 1.165) is 0 Å². The van der Waals surface area contributed by atoms with Crippen LogP contribution in [0.5, 0.6) is 0 Å². The minimum atomic E-state index is -3.87. The predicted octanol–water partition coefficient (Wildman–Crippen LogP) is 2.59. The number of rotatable bonds is 4. The molecule has 0 spiro atoms. The van der Waals surface area contributed by atoms with Gasteiger partial charge in [0, 0.05) is 10.7 Å². The average Bonchev–Trinajstić information content (AvgIpc) is 2.38. The van der Waals surface area contributed by atoms with E-state index in [-0.39, 0.29) is 15.5 Å². The van der Waals surface area contributed by atoms with Crippen molar-refractivity contribution in [2.45, 2.75) is 15.5 Å². The quantitative estimate of drug-likeness (QED) is 0.808. The van der Waals surface area contributed by atoms with E-state index >= 15 is 0 Å². The van der Waals surface area contributed by atoms with Crippen molar-refractivity contribution >= 4 is 29.6 Å². The zero-order chi connectivity index (χ0) is 14.8. The van der Waals surface area contributed by atoms with Crippen LogP contribution < -0.4 is 0 Å². The number of sulfone groups is 1. The van der Waals surface area contributed by atoms with E-state index in [4.69, 9.17) is 10.7 Å². The third-order valence-electron chi connectivity index (χ3n) is 2.64. The highest BCUT2D eigenvalue weighted by Crippen LogP contribution is 2.20. The smallest absolute Gasteiger partial charge is 0.223 e. The van der Waals surface area contributed by atoms with Crippen LogP contribution >= 0.6 is 10.7 Å². The van der Waals surface area contributed by atoms with Gasteiger partial charge in [-0.05, 0) is 29.8 Å². The maximum atomic E-state index is 12.2. The number of benzene rings is 2. The highest BCUT2D eigenvalue weighted by molar-refractivity contribution is 8.13. The van der Waals surface area contributed by atoms with Gasteiger partial charge in [-0.2, -0.15) is 0 Å². The second-order valence-electron chi connectivity index (χ2n) is 4.16. The summed E-state index contributed by atoms with van der Waals surface area (Å²) in [6, 6.07) is 13.6. The summed E-state index contributed by atoms with van der Waals surface area (Å²) in [5, 5.41) is 0. The third-order valence-corrected chi connectivity index (χ3v) is 5.69. The number of hydrogen-bond donors (Lipinski definition) is 0. The molecule has 0 bridgehead atoms. The molecule has 0 saturated carbocycles. The fourth-order valence-electron chi connectivity index (χ4n) is 1.72. The first-order valence-corrected chi connectivity index (χ1v) is 9.57. The van der Waals surface area contributed by atoms with E-state index in [1.54, 1.807) is 24.3 Å². The summed E-state index contributed by atoms with van der Waals surface area (Å²) >= 11 is 0. The molecule has 2 rings (SSSR count). The van der Waals surface area contributed by atoms with Crippen LogP contribution in [0.1, 0.15) is 5.56 Å². The molecule has 0 atom stereocenters. The fourth-order valence-corrected chi connectivity index (χ4v) is 3.90. The Kier molecular flexibility index (Phi) is 4.17. The van der Waals surface area contributed by atoms with Gasteiger partial charge in [0.1, 0.15) is 0 Å². The molecule has 0 N–H and O–H groups in total. The van der Waals surface area contributed by atoms with E-state index in [1.807, 2.05) is 0 Å². The topological polar surface area (TPSA) is 68.3 Å². The SMILES string of the molecule is O=S(=O)(Cl)c1cccc(CS(=O)(=O)c2ccccc2)c1. The molecule has 20 heavy (non-hydrogen) atoms. The molecule has 0 aliphatic carbocycles. The van der Waals surface area contributed by atoms with Gasteiger partial charge in [0.05, 0.1) is 15.5 Å². The van der Waals surface area contributed by atoms with Crippen molar-refractivity contribution in [3.63, 3.8) is 0 Å². The van der Waals surface area contributed by atoms with Crippen molar-refractivity contribution < 1.29 is 16.8 Å². The third kappa shape index (κ3) is 3.59. The molecule has 0 unspecified atom stereocenters. The van der Waals surface area contributed by atoms with Gasteiger partial charge in [-0.15, -0.1) is 0 Å². The van der Waals surface area contributed by atoms with Crippen LogP contribution in [0, 0.1) is 0 Å². The number of halogens is 1. The average molecular weight is 331 g/mol. The van der Waals surface area contributed by atoms with Crippen LogP contribution in [-0.4, -0.2) is 16.8 Å². The maximum absolute atomic E-state index is 12.2. The van der Waals surface area contributed by atoms with E-state index in [2.05, 4.69) is 0 Å². The Hall–Kier alpha value is -1.37. The molecule has 2 aromatic rings. The van der Waals surface area contributed by atoms with Gasteiger partial charge < -0.3 is 0 Å². The molecule has 0 aliphatic rings. The summed E-state index contributed by atoms with van der Waals surface area (Å²) < 4.78 is 46.8. The molecule has 0 radical (unpaired) electrons. The van der Waals surface area contributed by atoms with Gasteiger partial charge in [-0.1, -0.05) is 30.3 Å². The van der Waals surface area contributed by atoms with Gasteiger partial charge in [0.15, 0.2) is 9.84 Å². The lowest BCUT2D eigenvalue weighted by Crippen LogP contribution is -2.05. The summed E-state index contributed by atoms with van der Waals surface area (Å²) in [6.07, 6.45) is 0. The zero-order valence-corrected chi connectivity index (χ0v) is 12.6. The molecule has 7 heteroatoms. The standard InChI is InChI=1S/C13H11ClO4S2/c14-20(17,18)13-8-4-5-11(9-13)10-19(15,16)12-6-2-1-3-7-12/h1-9H,10H2. The molecule has 0 aliphatic heterocycles. The van der Waals surface area contributed by atoms with Gasteiger partial charge in [0.2, 0.25) is 0 Å². The lowest BCUT2D eigenvalue weighted by atomic mass is 10.2. The van der Waals surface area contributed by atoms with Crippen LogP contribution in [0.25, 0.3) is 0 Å². The van der Waals surface area contributed by atoms with Gasteiger partial charge in [0.25, 0.3) is 9.05 Å². The second-order valence-corrected chi connectivity index (χ2v) is 8.71. The second kappa shape index (κ2) is 5.55. The molecular formula is C13H11ClO4S2. The first-order chi connectivity index (χ1) is 9.29. The van der Waals surface area contributed by atoms with Crippen molar-refractivity contribution in [1.82, 2.24) is 0 Å². The minimum Gasteiger partial charge on any atom is -0.223 e. The minimum absolute atomic E-state index is 0.111. The Morgan fingerprint density at radius 1 is 0.800 bits per heavy atom. The molecular weight excluding hydrogens is 320 g/mol. The van der Waals surface area contributed by atoms with Crippen molar-refractivity contribution in [3.8, 4) is 0 Å². The molecule has 4 nitrogen and oxygen atoms in total. The molecule has 0 fully saturated rings. The van der Waals surface area contributed by atoms with Crippen LogP contribution in [-0.2, 0) is 24.6 Å². The predicted molar refractivity (Wildman–Crippen MR) is 76.8 cm³/mol. The monoisotopic (exact) mass is 330 g/mol. The number of hydrogen-bond acceptors (Lipinski definition) is 4. The Balaban J connectivity index is 2.36. The summed E-state index contributed by atoms with van der Waals surface area (Å²) in [6.45, 7) is 0. The van der Waals surface area contributed by atoms with Crippen LogP contribution in [0.15, 0.2) is 64.4 Å². The van der Waals surface area contributed by atoms with Crippen molar-refractivity contribution in [2.24, 2.45) is 0 Å².